The number of alkyl halides is 2. The van der Waals surface area contributed by atoms with Crippen molar-refractivity contribution >= 4 is 45.7 Å². The van der Waals surface area contributed by atoms with E-state index in [1.807, 2.05) is 0 Å². The summed E-state index contributed by atoms with van der Waals surface area (Å²) in [5, 5.41) is 5.35. The van der Waals surface area contributed by atoms with Crippen LogP contribution >= 0.6 is 0 Å². The molecule has 8 saturated carbocycles. The molecule has 5 unspecified atom stereocenters. The first-order chi connectivity index (χ1) is 22.8. The molecule has 8 aliphatic rings. The van der Waals surface area contributed by atoms with Crippen molar-refractivity contribution in [1.82, 2.24) is 0 Å². The second kappa shape index (κ2) is 12.5. The molecular formula is C31H38F2O15S. The number of halogens is 2. The van der Waals surface area contributed by atoms with Crippen LogP contribution in [-0.2, 0) is 62.6 Å². The third-order valence-corrected chi connectivity index (χ3v) is 11.8. The Hall–Kier alpha value is -3.25. The number of carbonyl (C=O) groups excluding carboxylic acids is 6. The molecule has 0 amide bonds. The van der Waals surface area contributed by atoms with Gasteiger partial charge in [-0.15, -0.1) is 0 Å². The highest BCUT2D eigenvalue weighted by Gasteiger charge is 2.60. The Bertz CT molecular complexity index is 1510. The minimum absolute atomic E-state index is 0.137. The van der Waals surface area contributed by atoms with Crippen molar-refractivity contribution in [3.63, 3.8) is 0 Å². The van der Waals surface area contributed by atoms with Crippen molar-refractivity contribution in [2.75, 3.05) is 13.2 Å². The zero-order valence-electron chi connectivity index (χ0n) is 26.4. The standard InChI is InChI=1S/C31H38F2O15S/c32-31(33,49(41,42)43)27(39)46-21(26(38)45-14-24(36)47-29-8-16-4-19(11-29)25(37)20(5-16)12-29)1-2-22(34)44-13-23(35)48-30-9-17-3-18(10-30)7-28(40,6-17)15-30/h16-21,40H,1-15H2,(H,41,42,43). The van der Waals surface area contributed by atoms with E-state index in [1.54, 1.807) is 0 Å². The van der Waals surface area contributed by atoms with Gasteiger partial charge in [-0.25, -0.2) is 19.2 Å². The van der Waals surface area contributed by atoms with E-state index in [0.29, 0.717) is 57.8 Å². The zero-order chi connectivity index (χ0) is 35.6. The summed E-state index contributed by atoms with van der Waals surface area (Å²) in [4.78, 5) is 74.8. The van der Waals surface area contributed by atoms with Crippen LogP contribution in [0.1, 0.15) is 83.5 Å². The third kappa shape index (κ3) is 7.31. The van der Waals surface area contributed by atoms with Gasteiger partial charge in [0.1, 0.15) is 17.0 Å². The van der Waals surface area contributed by atoms with Gasteiger partial charge in [0.15, 0.2) is 19.3 Å². The van der Waals surface area contributed by atoms with Crippen molar-refractivity contribution in [2.24, 2.45) is 29.6 Å². The van der Waals surface area contributed by atoms with E-state index in [1.165, 1.54) is 0 Å². The molecular weight excluding hydrogens is 682 g/mol. The highest BCUT2D eigenvalue weighted by Crippen LogP contribution is 2.59. The maximum atomic E-state index is 13.9. The predicted molar refractivity (Wildman–Crippen MR) is 153 cm³/mol. The fourth-order valence-electron chi connectivity index (χ4n) is 9.80. The smallest absolute Gasteiger partial charge is 0.456 e. The number of ether oxygens (including phenoxy) is 5. The lowest BCUT2D eigenvalue weighted by Gasteiger charge is -2.59. The highest BCUT2D eigenvalue weighted by atomic mass is 32.2. The van der Waals surface area contributed by atoms with Gasteiger partial charge in [0, 0.05) is 31.1 Å². The van der Waals surface area contributed by atoms with Gasteiger partial charge in [0.2, 0.25) is 0 Å². The number of carbonyl (C=O) groups is 6. The van der Waals surface area contributed by atoms with Crippen molar-refractivity contribution in [1.29, 1.82) is 0 Å². The topological polar surface area (TPSA) is 223 Å². The summed E-state index contributed by atoms with van der Waals surface area (Å²) in [5.74, 6) is -7.28. The lowest BCUT2D eigenvalue weighted by Crippen LogP contribution is -2.60. The van der Waals surface area contributed by atoms with Gasteiger partial charge in [-0.3, -0.25) is 14.1 Å². The first kappa shape index (κ1) is 35.6. The Labute approximate surface area is 279 Å². The number of hydrogen-bond donors (Lipinski definition) is 2. The second-order valence-corrected chi connectivity index (χ2v) is 16.4. The molecule has 0 spiro atoms. The Morgan fingerprint density at radius 1 is 0.796 bits per heavy atom. The molecule has 49 heavy (non-hydrogen) atoms. The minimum atomic E-state index is -6.32. The number of Topliss-reactive ketones (excluding diaryl/α,β-unsaturated/α-hetero) is 1. The molecule has 8 aliphatic carbocycles. The van der Waals surface area contributed by atoms with Crippen molar-refractivity contribution in [3.05, 3.63) is 0 Å². The normalized spacial score (nSPS) is 36.2. The molecule has 0 aromatic rings. The van der Waals surface area contributed by atoms with Crippen LogP contribution in [0.2, 0.25) is 0 Å². The largest absolute Gasteiger partial charge is 0.465 e. The molecule has 0 aliphatic heterocycles. The lowest BCUT2D eigenvalue weighted by atomic mass is 9.52. The number of aliphatic hydroxyl groups is 1. The molecule has 0 radical (unpaired) electrons. The zero-order valence-corrected chi connectivity index (χ0v) is 27.3. The number of hydrogen-bond acceptors (Lipinski definition) is 14. The summed E-state index contributed by atoms with van der Waals surface area (Å²) in [6, 6.07) is 0. The number of esters is 5. The predicted octanol–water partition coefficient (Wildman–Crippen LogP) is 1.56. The molecule has 272 valence electrons. The lowest BCUT2D eigenvalue weighted by molar-refractivity contribution is -0.222. The van der Waals surface area contributed by atoms with Gasteiger partial charge in [-0.05, 0) is 82.0 Å². The fourth-order valence-corrected chi connectivity index (χ4v) is 10.1. The molecule has 18 heteroatoms. The summed E-state index contributed by atoms with van der Waals surface area (Å²) in [6.45, 7) is -1.92. The molecule has 8 fully saturated rings. The van der Waals surface area contributed by atoms with Gasteiger partial charge in [0.05, 0.1) is 5.60 Å². The molecule has 8 rings (SSSR count). The van der Waals surface area contributed by atoms with Crippen LogP contribution in [0, 0.1) is 29.6 Å². The third-order valence-electron chi connectivity index (χ3n) is 10.9. The molecule has 0 aromatic heterocycles. The number of rotatable bonds is 13. The fraction of sp³-hybridized carbons (Fsp3) is 0.806. The van der Waals surface area contributed by atoms with E-state index in [4.69, 9.17) is 23.5 Å². The van der Waals surface area contributed by atoms with Gasteiger partial charge in [-0.2, -0.15) is 17.2 Å². The van der Waals surface area contributed by atoms with Crippen LogP contribution in [-0.4, -0.2) is 95.1 Å². The van der Waals surface area contributed by atoms with E-state index in [9.17, 15) is 51.1 Å². The summed E-state index contributed by atoms with van der Waals surface area (Å²) < 4.78 is 83.9. The SMILES string of the molecule is O=C(CCC(OC(=O)C(F)(F)S(=O)(=O)O)C(=O)OCC(=O)OC12CC3CC(C1)C(=O)C(C3)C2)OCC(=O)OC12CC3CC(CC(O)(C3)C1)C2. The molecule has 8 bridgehead atoms. The maximum absolute atomic E-state index is 13.9. The number of ketones is 1. The molecule has 0 aromatic carbocycles. The van der Waals surface area contributed by atoms with E-state index in [0.717, 1.165) is 6.42 Å². The van der Waals surface area contributed by atoms with Gasteiger partial charge < -0.3 is 28.8 Å². The van der Waals surface area contributed by atoms with Gasteiger partial charge in [-0.1, -0.05) is 0 Å². The molecule has 2 N–H and O–H groups in total. The van der Waals surface area contributed by atoms with Crippen LogP contribution in [0.15, 0.2) is 0 Å². The van der Waals surface area contributed by atoms with Crippen LogP contribution in [0.4, 0.5) is 8.78 Å². The van der Waals surface area contributed by atoms with Crippen molar-refractivity contribution in [2.45, 2.75) is 112 Å². The van der Waals surface area contributed by atoms with Crippen LogP contribution < -0.4 is 0 Å². The average Bonchev–Trinajstić information content (AvgIpc) is 2.96. The molecule has 5 atom stereocenters. The molecule has 0 saturated heterocycles. The van der Waals surface area contributed by atoms with Gasteiger partial charge >= 0.3 is 45.2 Å². The van der Waals surface area contributed by atoms with E-state index >= 15 is 0 Å². The summed E-state index contributed by atoms with van der Waals surface area (Å²) in [5.41, 5.74) is -2.71. The molecule has 15 nitrogen and oxygen atoms in total. The minimum Gasteiger partial charge on any atom is -0.456 e. The maximum Gasteiger partial charge on any atom is 0.465 e. The average molecular weight is 721 g/mol. The van der Waals surface area contributed by atoms with E-state index < -0.39 is 94.2 Å². The summed E-state index contributed by atoms with van der Waals surface area (Å²) >= 11 is 0. The second-order valence-electron chi connectivity index (χ2n) is 14.9. The first-order valence-corrected chi connectivity index (χ1v) is 17.8. The van der Waals surface area contributed by atoms with E-state index in [-0.39, 0.29) is 41.8 Å². The highest BCUT2D eigenvalue weighted by molar-refractivity contribution is 7.87. The Kier molecular flexibility index (Phi) is 9.08. The Morgan fingerprint density at radius 2 is 1.35 bits per heavy atom. The van der Waals surface area contributed by atoms with Crippen molar-refractivity contribution < 1.29 is 79.3 Å². The van der Waals surface area contributed by atoms with E-state index in [2.05, 4.69) is 4.74 Å². The van der Waals surface area contributed by atoms with Crippen LogP contribution in [0.5, 0.6) is 0 Å². The van der Waals surface area contributed by atoms with Crippen LogP contribution in [0.3, 0.4) is 0 Å². The Balaban J connectivity index is 1.01. The van der Waals surface area contributed by atoms with Gasteiger partial charge in [0.25, 0.3) is 0 Å². The summed E-state index contributed by atoms with van der Waals surface area (Å²) in [7, 11) is -6.32. The summed E-state index contributed by atoms with van der Waals surface area (Å²) in [6.07, 6.45) is 2.09. The first-order valence-electron chi connectivity index (χ1n) is 16.4. The monoisotopic (exact) mass is 720 g/mol. The van der Waals surface area contributed by atoms with Crippen molar-refractivity contribution in [3.8, 4) is 0 Å². The Morgan fingerprint density at radius 3 is 1.92 bits per heavy atom. The van der Waals surface area contributed by atoms with Crippen LogP contribution in [0.25, 0.3) is 0 Å². The molecule has 0 heterocycles. The quantitative estimate of drug-likeness (QED) is 0.157.